The van der Waals surface area contributed by atoms with Crippen LogP contribution in [0.1, 0.15) is 6.42 Å². The van der Waals surface area contributed by atoms with Crippen molar-refractivity contribution in [3.63, 3.8) is 0 Å². The fourth-order valence-electron chi connectivity index (χ4n) is 0.523. The summed E-state index contributed by atoms with van der Waals surface area (Å²) in [5, 5.41) is -1.01. The molecular formula is C6H9Na3O5S. The summed E-state index contributed by atoms with van der Waals surface area (Å²) in [6, 6.07) is 0. The van der Waals surface area contributed by atoms with Gasteiger partial charge in [-0.15, -0.1) is 0 Å². The van der Waals surface area contributed by atoms with Gasteiger partial charge in [0.2, 0.25) is 0 Å². The molecule has 0 radical (unpaired) electrons. The van der Waals surface area contributed by atoms with E-state index in [4.69, 9.17) is 0 Å². The number of methoxy groups -OCH3 is 2. The van der Waals surface area contributed by atoms with Crippen LogP contribution in [0.15, 0.2) is 0 Å². The molecule has 0 aliphatic rings. The first-order valence-electron chi connectivity index (χ1n) is 4.09. The van der Waals surface area contributed by atoms with E-state index in [2.05, 4.69) is 9.47 Å². The Hall–Kier alpha value is 2.25. The zero-order valence-electron chi connectivity index (χ0n) is 9.73. The summed E-state index contributed by atoms with van der Waals surface area (Å²) < 4.78 is 18.8. The van der Waals surface area contributed by atoms with Crippen LogP contribution in [0.5, 0.6) is 0 Å². The number of hydrogen-bond donors (Lipinski definition) is 0. The molecule has 0 aromatic rings. The number of carbonyl (C=O) groups is 2. The summed E-state index contributed by atoms with van der Waals surface area (Å²) in [5.41, 5.74) is 0. The van der Waals surface area contributed by atoms with E-state index in [0.29, 0.717) is 0 Å². The van der Waals surface area contributed by atoms with Gasteiger partial charge in [-0.05, 0) is 0 Å². The Bertz CT molecular complexity index is 180. The zero-order chi connectivity index (χ0) is 11.6. The molecule has 0 saturated heterocycles. The van der Waals surface area contributed by atoms with Gasteiger partial charge in [0, 0.05) is 0 Å². The summed E-state index contributed by atoms with van der Waals surface area (Å²) in [6.07, 6.45) is -0.253. The topological polar surface area (TPSA) is 75.7 Å². The number of rotatable bonds is 4. The number of esters is 2. The summed E-state index contributed by atoms with van der Waals surface area (Å²) in [6.45, 7) is 0. The van der Waals surface area contributed by atoms with Gasteiger partial charge in [-0.25, -0.2) is 12.0 Å². The van der Waals surface area contributed by atoms with Crippen molar-refractivity contribution >= 4 is 67.6 Å². The first-order valence-corrected chi connectivity index (χ1v) is 12.9. The number of carbonyl (C=O) groups excluding carboxylic acids is 2. The molecule has 0 fully saturated rings. The maximum absolute atomic E-state index is 10.7. The van der Waals surface area contributed by atoms with Crippen LogP contribution >= 0.6 is 12.0 Å². The van der Waals surface area contributed by atoms with Crippen LogP contribution in [-0.2, 0) is 19.1 Å². The Balaban J connectivity index is -0.000000449. The Labute approximate surface area is 144 Å². The fraction of sp³-hybridized carbons (Fsp3) is 0.667. The number of ether oxygens (including phenoxy) is 2. The van der Waals surface area contributed by atoms with Gasteiger partial charge in [0.15, 0.2) is 0 Å². The Morgan fingerprint density at radius 2 is 1.80 bits per heavy atom. The molecule has 0 spiro atoms. The van der Waals surface area contributed by atoms with Crippen LogP contribution < -0.4 is 29.6 Å². The van der Waals surface area contributed by atoms with Crippen molar-refractivity contribution in [1.29, 1.82) is 0 Å². The average Bonchev–Trinajstić information content (AvgIpc) is 2.27. The molecule has 5 nitrogen and oxygen atoms in total. The van der Waals surface area contributed by atoms with Crippen molar-refractivity contribution in [3.8, 4) is 0 Å². The van der Waals surface area contributed by atoms with E-state index in [-0.39, 0.29) is 48.0 Å². The van der Waals surface area contributed by atoms with Crippen LogP contribution in [0, 0.1) is 0 Å². The van der Waals surface area contributed by atoms with Crippen LogP contribution in [0.3, 0.4) is 0 Å². The molecule has 0 aromatic carbocycles. The summed E-state index contributed by atoms with van der Waals surface area (Å²) in [7, 11) is 2.34. The fourth-order valence-corrected chi connectivity index (χ4v) is 0.902. The van der Waals surface area contributed by atoms with Crippen LogP contribution in [-0.4, -0.2) is 79.6 Å². The molecular weight excluding hydrogens is 253 g/mol. The predicted molar refractivity (Wildman–Crippen MR) is 52.3 cm³/mol. The molecule has 0 aliphatic heterocycles. The Morgan fingerprint density at radius 3 is 2.07 bits per heavy atom. The molecule has 0 rings (SSSR count). The molecule has 0 heterocycles. The van der Waals surface area contributed by atoms with Crippen molar-refractivity contribution in [2.75, 3.05) is 14.2 Å². The van der Waals surface area contributed by atoms with Gasteiger partial charge in [0.25, 0.3) is 0 Å². The van der Waals surface area contributed by atoms with Crippen molar-refractivity contribution < 1.29 is 53.2 Å². The van der Waals surface area contributed by atoms with Gasteiger partial charge in [0.05, 0.1) is 25.9 Å². The standard InChI is InChI=1S/C6H10O5S.3Na/c1-10-5(7)3-4(12-9)6(8)11-2;;;/h4,9H,3H2,1-2H3;;;/q;;;+1/p-1. The van der Waals surface area contributed by atoms with E-state index in [1.807, 2.05) is 0 Å². The average molecular weight is 262 g/mol. The third-order valence-electron chi connectivity index (χ3n) is 1.16. The van der Waals surface area contributed by atoms with Crippen LogP contribution in [0.25, 0.3) is 0 Å². The van der Waals surface area contributed by atoms with Gasteiger partial charge in [-0.2, -0.15) is 0 Å². The van der Waals surface area contributed by atoms with Crippen molar-refractivity contribution in [2.45, 2.75) is 11.7 Å². The molecule has 1 unspecified atom stereocenters. The molecule has 0 aliphatic carbocycles. The normalized spacial score (nSPS) is 10.1. The van der Waals surface area contributed by atoms with Gasteiger partial charge in [0.1, 0.15) is 0 Å². The molecule has 1 atom stereocenters. The van der Waals surface area contributed by atoms with Crippen molar-refractivity contribution in [1.82, 2.24) is 0 Å². The van der Waals surface area contributed by atoms with E-state index >= 15 is 0 Å². The first kappa shape index (κ1) is 22.4. The van der Waals surface area contributed by atoms with Crippen molar-refractivity contribution in [3.05, 3.63) is 0 Å². The zero-order valence-corrected chi connectivity index (χ0v) is 16.6. The van der Waals surface area contributed by atoms with E-state index in [1.54, 1.807) is 0 Å². The van der Waals surface area contributed by atoms with E-state index in [0.717, 1.165) is 7.11 Å². The summed E-state index contributed by atoms with van der Waals surface area (Å²) >= 11 is 2.91. The molecule has 0 saturated carbocycles. The van der Waals surface area contributed by atoms with Crippen LogP contribution in [0.4, 0.5) is 0 Å². The second-order valence-corrected chi connectivity index (χ2v) is 2.65. The third kappa shape index (κ3) is 12.5. The molecule has 0 amide bonds. The van der Waals surface area contributed by atoms with Gasteiger partial charge < -0.3 is 14.0 Å². The molecule has 72 valence electrons. The monoisotopic (exact) mass is 262 g/mol. The third-order valence-corrected chi connectivity index (χ3v) is 1.75. The van der Waals surface area contributed by atoms with E-state index < -0.39 is 17.2 Å². The summed E-state index contributed by atoms with van der Waals surface area (Å²) in [5.74, 6) is -1.31. The quantitative estimate of drug-likeness (QED) is 0.294. The summed E-state index contributed by atoms with van der Waals surface area (Å²) in [4.78, 5) is 21.4. The predicted octanol–water partition coefficient (Wildman–Crippen LogP) is -3.80. The van der Waals surface area contributed by atoms with Gasteiger partial charge in [-0.1, -0.05) is 0 Å². The van der Waals surface area contributed by atoms with E-state index in [9.17, 15) is 14.1 Å². The Kier molecular flexibility index (Phi) is 24.3. The molecule has 0 aromatic heterocycles. The van der Waals surface area contributed by atoms with E-state index in [1.165, 1.54) is 50.7 Å². The maximum atomic E-state index is 10.7. The molecule has 0 N–H and O–H groups in total. The second kappa shape index (κ2) is 16.2. The molecule has 0 bridgehead atoms. The molecule has 15 heavy (non-hydrogen) atoms. The van der Waals surface area contributed by atoms with Gasteiger partial charge in [-0.3, -0.25) is 9.59 Å². The second-order valence-electron chi connectivity index (χ2n) is 1.89. The minimum atomic E-state index is -1.01. The van der Waals surface area contributed by atoms with Gasteiger partial charge >= 0.3 is 85.1 Å². The SMILES string of the molecule is COC(=O)CC(S[O-])C(=O)OC.[Na+].[Na][Na]. The van der Waals surface area contributed by atoms with Crippen LogP contribution in [0.2, 0.25) is 0 Å². The Morgan fingerprint density at radius 1 is 1.33 bits per heavy atom. The number of hydrogen-bond acceptors (Lipinski definition) is 6. The minimum absolute atomic E-state index is 0. The van der Waals surface area contributed by atoms with Crippen molar-refractivity contribution in [2.24, 2.45) is 0 Å². The first-order chi connectivity index (χ1) is 6.65. The molecule has 9 heteroatoms.